The van der Waals surface area contributed by atoms with Crippen molar-refractivity contribution in [3.63, 3.8) is 0 Å². The van der Waals surface area contributed by atoms with E-state index in [1.807, 2.05) is 6.07 Å². The highest BCUT2D eigenvalue weighted by Crippen LogP contribution is 2.23. The van der Waals surface area contributed by atoms with Crippen molar-refractivity contribution in [2.24, 2.45) is 4.99 Å². The molecule has 0 radical (unpaired) electrons. The van der Waals surface area contributed by atoms with E-state index in [1.54, 1.807) is 18.4 Å². The van der Waals surface area contributed by atoms with Crippen molar-refractivity contribution in [1.82, 2.24) is 20.7 Å². The molecule has 0 fully saturated rings. The van der Waals surface area contributed by atoms with Crippen molar-refractivity contribution in [1.29, 1.82) is 0 Å². The molecule has 0 saturated carbocycles. The smallest absolute Gasteiger partial charge is 0.191 e. The second-order valence-electron chi connectivity index (χ2n) is 6.53. The van der Waals surface area contributed by atoms with E-state index in [-0.39, 0.29) is 0 Å². The van der Waals surface area contributed by atoms with Gasteiger partial charge in [0, 0.05) is 30.5 Å². The summed E-state index contributed by atoms with van der Waals surface area (Å²) in [7, 11) is 5.97. The number of likely N-dealkylation sites (N-methyl/N-ethyl adjacent to an activating group) is 1. The van der Waals surface area contributed by atoms with Gasteiger partial charge in [0.05, 0.1) is 18.3 Å². The predicted molar refractivity (Wildman–Crippen MR) is 109 cm³/mol. The molecule has 0 aliphatic carbocycles. The number of guanidine groups is 1. The summed E-state index contributed by atoms with van der Waals surface area (Å²) in [5.41, 5.74) is 1.04. The maximum absolute atomic E-state index is 5.47. The molecule has 0 bridgehead atoms. The summed E-state index contributed by atoms with van der Waals surface area (Å²) in [6.45, 7) is 5.71. The predicted octanol–water partition coefficient (Wildman–Crippen LogP) is 3.61. The first-order chi connectivity index (χ1) is 12.6. The van der Waals surface area contributed by atoms with Gasteiger partial charge < -0.3 is 20.1 Å². The molecule has 144 valence electrons. The Morgan fingerprint density at radius 1 is 1.31 bits per heavy atom. The van der Waals surface area contributed by atoms with Gasteiger partial charge in [-0.15, -0.1) is 11.3 Å². The lowest BCUT2D eigenvalue weighted by molar-refractivity contribution is 0.302. The van der Waals surface area contributed by atoms with Gasteiger partial charge >= 0.3 is 0 Å². The molecular formula is C19H31N5OS. The van der Waals surface area contributed by atoms with E-state index in [2.05, 4.69) is 71.1 Å². The highest BCUT2D eigenvalue weighted by molar-refractivity contribution is 7.10. The molecule has 0 amide bonds. The number of aromatic nitrogens is 1. The number of hydrogen-bond acceptors (Lipinski definition) is 5. The number of thiophene rings is 1. The molecule has 2 aromatic heterocycles. The van der Waals surface area contributed by atoms with Crippen LogP contribution in [0, 0.1) is 0 Å². The molecular weight excluding hydrogens is 346 g/mol. The summed E-state index contributed by atoms with van der Waals surface area (Å²) in [6.07, 6.45) is 2.15. The minimum Gasteiger partial charge on any atom is -0.359 e. The average Bonchev–Trinajstić information content (AvgIpc) is 3.31. The maximum atomic E-state index is 5.47. The van der Waals surface area contributed by atoms with Crippen LogP contribution in [-0.4, -0.2) is 43.7 Å². The highest BCUT2D eigenvalue weighted by Gasteiger charge is 2.16. The Bertz CT molecular complexity index is 661. The lowest BCUT2D eigenvalue weighted by atomic mass is 9.99. The number of hydrogen-bond donors (Lipinski definition) is 2. The summed E-state index contributed by atoms with van der Waals surface area (Å²) < 4.78 is 5.47. The van der Waals surface area contributed by atoms with Gasteiger partial charge in [0.2, 0.25) is 0 Å². The molecule has 1 atom stereocenters. The lowest BCUT2D eigenvalue weighted by Crippen LogP contribution is -2.41. The third-order valence-electron chi connectivity index (χ3n) is 4.59. The van der Waals surface area contributed by atoms with Crippen LogP contribution in [0.15, 0.2) is 33.1 Å². The Labute approximate surface area is 160 Å². The van der Waals surface area contributed by atoms with Crippen molar-refractivity contribution in [2.75, 3.05) is 27.7 Å². The van der Waals surface area contributed by atoms with Crippen molar-refractivity contribution in [2.45, 2.75) is 45.2 Å². The molecule has 2 aromatic rings. The fraction of sp³-hybridized carbons (Fsp3) is 0.579. The highest BCUT2D eigenvalue weighted by atomic mass is 32.1. The van der Waals surface area contributed by atoms with Crippen molar-refractivity contribution in [3.8, 4) is 0 Å². The fourth-order valence-electron chi connectivity index (χ4n) is 2.91. The second kappa shape index (κ2) is 10.3. The van der Waals surface area contributed by atoms with Crippen molar-refractivity contribution >= 4 is 17.3 Å². The van der Waals surface area contributed by atoms with Gasteiger partial charge in [0.1, 0.15) is 0 Å². The van der Waals surface area contributed by atoms with Crippen molar-refractivity contribution in [3.05, 3.63) is 39.9 Å². The van der Waals surface area contributed by atoms with Gasteiger partial charge in [-0.05, 0) is 38.4 Å². The van der Waals surface area contributed by atoms with E-state index >= 15 is 0 Å². The van der Waals surface area contributed by atoms with Crippen LogP contribution >= 0.6 is 11.3 Å². The molecule has 1 unspecified atom stereocenters. The third-order valence-corrected chi connectivity index (χ3v) is 5.57. The molecule has 26 heavy (non-hydrogen) atoms. The molecule has 0 spiro atoms. The van der Waals surface area contributed by atoms with Crippen molar-refractivity contribution < 1.29 is 4.52 Å². The Balaban J connectivity index is 1.88. The number of nitrogens with zero attached hydrogens (tertiary/aromatic N) is 3. The average molecular weight is 378 g/mol. The molecule has 2 rings (SSSR count). The Kier molecular flexibility index (Phi) is 8.12. The van der Waals surface area contributed by atoms with E-state index in [1.165, 1.54) is 4.88 Å². The molecule has 6 nitrogen and oxygen atoms in total. The molecule has 0 aromatic carbocycles. The molecule has 0 aliphatic rings. The molecule has 0 saturated heterocycles. The zero-order chi connectivity index (χ0) is 18.9. The Morgan fingerprint density at radius 3 is 2.65 bits per heavy atom. The summed E-state index contributed by atoms with van der Waals surface area (Å²) in [4.78, 5) is 7.86. The quantitative estimate of drug-likeness (QED) is 0.516. The van der Waals surface area contributed by atoms with E-state index in [0.717, 1.165) is 36.8 Å². The zero-order valence-electron chi connectivity index (χ0n) is 16.5. The van der Waals surface area contributed by atoms with E-state index in [4.69, 9.17) is 4.52 Å². The van der Waals surface area contributed by atoms with Crippen LogP contribution in [0.5, 0.6) is 0 Å². The molecule has 2 heterocycles. The van der Waals surface area contributed by atoms with Crippen LogP contribution < -0.4 is 10.6 Å². The maximum Gasteiger partial charge on any atom is 0.191 e. The van der Waals surface area contributed by atoms with Gasteiger partial charge in [0.15, 0.2) is 11.7 Å². The number of aliphatic imine (C=N–C) groups is 1. The Morgan fingerprint density at radius 2 is 2.08 bits per heavy atom. The minimum atomic E-state index is 0.306. The van der Waals surface area contributed by atoms with Crippen LogP contribution in [0.4, 0.5) is 0 Å². The Hall–Kier alpha value is -1.86. The van der Waals surface area contributed by atoms with Gasteiger partial charge in [0.25, 0.3) is 0 Å². The molecule has 0 aliphatic heterocycles. The van der Waals surface area contributed by atoms with Gasteiger partial charge in [-0.1, -0.05) is 25.1 Å². The van der Waals surface area contributed by atoms with E-state index < -0.39 is 0 Å². The van der Waals surface area contributed by atoms with Gasteiger partial charge in [-0.3, -0.25) is 4.99 Å². The van der Waals surface area contributed by atoms with E-state index in [9.17, 15) is 0 Å². The van der Waals surface area contributed by atoms with E-state index in [0.29, 0.717) is 18.5 Å². The largest absolute Gasteiger partial charge is 0.359 e. The molecule has 2 N–H and O–H groups in total. The summed E-state index contributed by atoms with van der Waals surface area (Å²) in [6, 6.07) is 6.61. The summed E-state index contributed by atoms with van der Waals surface area (Å²) in [5.74, 6) is 2.06. The topological polar surface area (TPSA) is 65.7 Å². The summed E-state index contributed by atoms with van der Waals surface area (Å²) >= 11 is 1.77. The summed E-state index contributed by atoms with van der Waals surface area (Å²) in [5, 5.41) is 13.0. The number of nitrogens with one attached hydrogen (secondary N) is 2. The lowest BCUT2D eigenvalue weighted by Gasteiger charge is -2.24. The third kappa shape index (κ3) is 5.57. The number of rotatable bonds is 9. The van der Waals surface area contributed by atoms with Crippen LogP contribution in [0.1, 0.15) is 55.0 Å². The van der Waals surface area contributed by atoms with Crippen LogP contribution in [0.2, 0.25) is 0 Å². The van der Waals surface area contributed by atoms with Crippen LogP contribution in [-0.2, 0) is 6.54 Å². The first-order valence-electron chi connectivity index (χ1n) is 9.18. The standard InChI is InChI=1S/C19H31N5OS/c1-6-14(7-2)16-11-15(25-23-16)12-21-19(20-3)22-13-17(24(4)5)18-9-8-10-26-18/h8-11,14,17H,6-7,12-13H2,1-5H3,(H2,20,21,22). The normalized spacial score (nSPS) is 13.4. The SMILES string of the molecule is CCC(CC)c1cc(CNC(=NC)NCC(c2cccs2)N(C)C)on1. The van der Waals surface area contributed by atoms with Gasteiger partial charge in [-0.2, -0.15) is 0 Å². The molecule has 7 heteroatoms. The second-order valence-corrected chi connectivity index (χ2v) is 7.51. The van der Waals surface area contributed by atoms with Crippen LogP contribution in [0.3, 0.4) is 0 Å². The fourth-order valence-corrected chi connectivity index (χ4v) is 3.84. The monoisotopic (exact) mass is 377 g/mol. The first-order valence-corrected chi connectivity index (χ1v) is 10.1. The zero-order valence-corrected chi connectivity index (χ0v) is 17.3. The minimum absolute atomic E-state index is 0.306. The van der Waals surface area contributed by atoms with Gasteiger partial charge in [-0.25, -0.2) is 0 Å². The van der Waals surface area contributed by atoms with Crippen LogP contribution in [0.25, 0.3) is 0 Å². The first kappa shape index (κ1) is 20.5.